The molecule has 5 heterocycles. The van der Waals surface area contributed by atoms with Crippen LogP contribution in [0.3, 0.4) is 0 Å². The number of aliphatic hydroxyl groups excluding tert-OH is 1. The molecule has 5 rings (SSSR count). The van der Waals surface area contributed by atoms with E-state index in [4.69, 9.17) is 19.7 Å². The van der Waals surface area contributed by atoms with Gasteiger partial charge in [0.2, 0.25) is 11.9 Å². The molecule has 4 aliphatic heterocycles. The van der Waals surface area contributed by atoms with Gasteiger partial charge < -0.3 is 19.6 Å². The summed E-state index contributed by atoms with van der Waals surface area (Å²) in [6.45, 7) is 31.4. The molecule has 15 nitrogen and oxygen atoms in total. The second kappa shape index (κ2) is 14.6. The Morgan fingerprint density at radius 1 is 0.464 bits per heavy atom. The van der Waals surface area contributed by atoms with Gasteiger partial charge in [-0.3, -0.25) is 0 Å². The average molecular weight is 788 g/mol. The Morgan fingerprint density at radius 3 is 0.875 bits per heavy atom. The number of nitrogens with zero attached hydrogens (tertiary/aromatic N) is 9. The van der Waals surface area contributed by atoms with Crippen LogP contribution in [0.5, 0.6) is 6.01 Å². The van der Waals surface area contributed by atoms with Gasteiger partial charge in [-0.2, -0.15) is 15.0 Å². The highest BCUT2D eigenvalue weighted by atomic mass is 16.5. The van der Waals surface area contributed by atoms with Crippen LogP contribution in [0.4, 0.5) is 11.9 Å². The quantitative estimate of drug-likeness (QED) is 0.297. The normalized spacial score (nSPS) is 28.6. The van der Waals surface area contributed by atoms with Gasteiger partial charge in [-0.15, -0.1) is 41.1 Å². The van der Waals surface area contributed by atoms with E-state index in [9.17, 15) is 25.9 Å². The number of piperidine rings is 4. The number of hydrogen-bond acceptors (Lipinski definition) is 11. The summed E-state index contributed by atoms with van der Waals surface area (Å²) < 4.78 is 6.08. The summed E-state index contributed by atoms with van der Waals surface area (Å²) >= 11 is 0. The van der Waals surface area contributed by atoms with Crippen LogP contribution in [0.1, 0.15) is 162 Å². The van der Waals surface area contributed by atoms with Crippen molar-refractivity contribution < 1.29 is 30.7 Å². The fourth-order valence-electron chi connectivity index (χ4n) is 11.6. The van der Waals surface area contributed by atoms with Crippen LogP contribution in [-0.4, -0.2) is 122 Å². The minimum Gasteiger partial charge on any atom is -0.461 e. The Labute approximate surface area is 336 Å². The van der Waals surface area contributed by atoms with Crippen LogP contribution in [0.15, 0.2) is 0 Å². The molecule has 1 aromatic heterocycles. The monoisotopic (exact) mass is 788 g/mol. The zero-order chi connectivity index (χ0) is 42.4. The molecule has 4 aliphatic rings. The van der Waals surface area contributed by atoms with E-state index in [0.717, 1.165) is 0 Å². The molecular formula is C41H73N9O6. The zero-order valence-electron chi connectivity index (χ0n) is 37.4. The molecule has 0 bridgehead atoms. The van der Waals surface area contributed by atoms with Crippen molar-refractivity contribution in [1.29, 1.82) is 0 Å². The van der Waals surface area contributed by atoms with E-state index in [1.165, 1.54) is 20.3 Å². The third kappa shape index (κ3) is 8.54. The summed E-state index contributed by atoms with van der Waals surface area (Å²) in [4.78, 5) is 19.9. The molecule has 0 spiro atoms. The van der Waals surface area contributed by atoms with Crippen molar-refractivity contribution in [3.63, 3.8) is 0 Å². The Hall–Kier alpha value is -1.95. The number of hydrogen-bond donors (Lipinski definition) is 1. The maximum Gasteiger partial charge on any atom is 0.323 e. The first kappa shape index (κ1) is 45.1. The Morgan fingerprint density at radius 2 is 0.679 bits per heavy atom. The van der Waals surface area contributed by atoms with E-state index in [1.54, 1.807) is 0 Å². The van der Waals surface area contributed by atoms with Crippen molar-refractivity contribution in [1.82, 2.24) is 35.2 Å². The molecule has 4 fully saturated rings. The number of ether oxygens (including phenoxy) is 1. The SMILES string of the molecule is CC1(C)CC(N(c2nc(OCCO)nc(N(C3CC(C)(C)N([O])C(C)(C)C3)C3CC(C)(C)N([O])C(C)(C)C3)n2)C2CC(C)(C)N([O])C(C)(C)C2)CC(C)(C)N1[O]. The molecule has 1 aromatic rings. The predicted octanol–water partition coefficient (Wildman–Crippen LogP) is 6.32. The van der Waals surface area contributed by atoms with Crippen molar-refractivity contribution in [2.24, 2.45) is 0 Å². The Kier molecular flexibility index (Phi) is 11.8. The van der Waals surface area contributed by atoms with Crippen LogP contribution < -0.4 is 14.5 Å². The first-order valence-corrected chi connectivity index (χ1v) is 20.7. The van der Waals surface area contributed by atoms with Gasteiger partial charge in [0, 0.05) is 68.5 Å². The third-order valence-corrected chi connectivity index (χ3v) is 13.2. The molecular weight excluding hydrogens is 715 g/mol. The summed E-state index contributed by atoms with van der Waals surface area (Å²) in [6, 6.07) is -0.668. The van der Waals surface area contributed by atoms with Crippen molar-refractivity contribution in [2.75, 3.05) is 23.0 Å². The van der Waals surface area contributed by atoms with Gasteiger partial charge in [0.05, 0.1) is 6.61 Å². The molecule has 4 saturated heterocycles. The summed E-state index contributed by atoms with van der Waals surface area (Å²) in [7, 11) is 0. The van der Waals surface area contributed by atoms with E-state index < -0.39 is 44.3 Å². The van der Waals surface area contributed by atoms with Crippen LogP contribution in [-0.2, 0) is 20.8 Å². The van der Waals surface area contributed by atoms with Gasteiger partial charge in [0.25, 0.3) is 0 Å². The fraction of sp³-hybridized carbons (Fsp3) is 0.927. The molecule has 0 aromatic carbocycles. The molecule has 56 heavy (non-hydrogen) atoms. The topological polar surface area (TPSA) is 167 Å². The van der Waals surface area contributed by atoms with Gasteiger partial charge in [-0.25, -0.2) is 0 Å². The Bertz CT molecular complexity index is 1300. The standard InChI is InChI=1S/C41H73N9O6/c1-34(2)19-27(20-35(3,4)47(34)52)45(28-21-36(5,6)48(53)37(7,8)22-28)31-42-32(44-33(43-31)56-18-17-51)46(29-23-38(9,10)49(54)39(11,12)24-29)30-25-40(13,14)50(55)41(15,16)26-30/h27-30,51H,17-26H2,1-16H3. The fourth-order valence-corrected chi connectivity index (χ4v) is 11.6. The summed E-state index contributed by atoms with van der Waals surface area (Å²) in [5, 5.41) is 69.7. The van der Waals surface area contributed by atoms with Gasteiger partial charge >= 0.3 is 6.01 Å². The molecule has 4 radical (unpaired) electrons. The molecule has 0 amide bonds. The predicted molar refractivity (Wildman–Crippen MR) is 212 cm³/mol. The van der Waals surface area contributed by atoms with Crippen molar-refractivity contribution >= 4 is 11.9 Å². The summed E-state index contributed by atoms with van der Waals surface area (Å²) in [6.07, 6.45) is 4.26. The van der Waals surface area contributed by atoms with Crippen LogP contribution in [0.25, 0.3) is 0 Å². The van der Waals surface area contributed by atoms with Gasteiger partial charge in [0.15, 0.2) is 0 Å². The molecule has 0 aliphatic carbocycles. The first-order chi connectivity index (χ1) is 25.3. The highest BCUT2D eigenvalue weighted by Crippen LogP contribution is 2.48. The molecule has 1 N–H and O–H groups in total. The maximum absolute atomic E-state index is 13.7. The van der Waals surface area contributed by atoms with Crippen molar-refractivity contribution in [3.8, 4) is 6.01 Å². The molecule has 0 saturated carbocycles. The minimum atomic E-state index is -0.708. The summed E-state index contributed by atoms with van der Waals surface area (Å²) in [5.74, 6) is 0.777. The first-order valence-electron chi connectivity index (χ1n) is 20.7. The lowest BCUT2D eigenvalue weighted by molar-refractivity contribution is -0.294. The van der Waals surface area contributed by atoms with Gasteiger partial charge in [0.1, 0.15) is 6.61 Å². The Balaban J connectivity index is 1.77. The van der Waals surface area contributed by atoms with E-state index in [2.05, 4.69) is 9.80 Å². The highest BCUT2D eigenvalue weighted by molar-refractivity contribution is 5.46. The van der Waals surface area contributed by atoms with Crippen molar-refractivity contribution in [3.05, 3.63) is 0 Å². The maximum atomic E-state index is 13.7. The van der Waals surface area contributed by atoms with E-state index >= 15 is 0 Å². The number of aliphatic hydroxyl groups is 1. The third-order valence-electron chi connectivity index (χ3n) is 13.2. The second-order valence-corrected chi connectivity index (χ2v) is 22.5. The zero-order valence-corrected chi connectivity index (χ0v) is 37.4. The minimum absolute atomic E-state index is 0.0323. The second-order valence-electron chi connectivity index (χ2n) is 22.5. The van der Waals surface area contributed by atoms with Crippen LogP contribution in [0.2, 0.25) is 0 Å². The molecule has 0 unspecified atom stereocenters. The number of rotatable bonds is 9. The molecule has 318 valence electrons. The van der Waals surface area contributed by atoms with Crippen LogP contribution in [0, 0.1) is 0 Å². The van der Waals surface area contributed by atoms with Gasteiger partial charge in [-0.05, 0) is 162 Å². The smallest absolute Gasteiger partial charge is 0.323 e. The summed E-state index contributed by atoms with van der Waals surface area (Å²) in [5.41, 5.74) is -5.67. The lowest BCUT2D eigenvalue weighted by atomic mass is 9.74. The van der Waals surface area contributed by atoms with Crippen LogP contribution >= 0.6 is 0 Å². The number of aromatic nitrogens is 3. The average Bonchev–Trinajstić information content (AvgIpc) is 3.02. The van der Waals surface area contributed by atoms with E-state index in [1.807, 2.05) is 111 Å². The largest absolute Gasteiger partial charge is 0.461 e. The highest BCUT2D eigenvalue weighted by Gasteiger charge is 2.56. The van der Waals surface area contributed by atoms with Crippen molar-refractivity contribution in [2.45, 2.75) is 231 Å². The van der Waals surface area contributed by atoms with E-state index in [0.29, 0.717) is 63.3 Å². The lowest BCUT2D eigenvalue weighted by Crippen LogP contribution is -2.68. The lowest BCUT2D eigenvalue weighted by Gasteiger charge is -2.57. The molecule has 0 atom stereocenters. The van der Waals surface area contributed by atoms with Gasteiger partial charge in [-0.1, -0.05) is 0 Å². The van der Waals surface area contributed by atoms with E-state index in [-0.39, 0.29) is 43.4 Å². The number of anilines is 2. The molecule has 15 heteroatoms. The number of hydroxylamine groups is 8.